The van der Waals surface area contributed by atoms with Crippen molar-refractivity contribution >= 4 is 12.0 Å². The Kier molecular flexibility index (Phi) is 4.21. The second-order valence-corrected chi connectivity index (χ2v) is 5.26. The van der Waals surface area contributed by atoms with Crippen LogP contribution in [0.5, 0.6) is 11.5 Å². The molecule has 3 rings (SSSR count). The zero-order chi connectivity index (χ0) is 17.1. The Morgan fingerprint density at radius 2 is 1.88 bits per heavy atom. The third-order valence-corrected chi connectivity index (χ3v) is 3.97. The lowest BCUT2D eigenvalue weighted by Gasteiger charge is -2.28. The highest BCUT2D eigenvalue weighted by molar-refractivity contribution is 5.97. The predicted octanol–water partition coefficient (Wildman–Crippen LogP) is 3.40. The van der Waals surface area contributed by atoms with Crippen LogP contribution in [0, 0.1) is 11.3 Å². The van der Waals surface area contributed by atoms with Crippen molar-refractivity contribution in [3.8, 4) is 17.6 Å². The monoisotopic (exact) mass is 320 g/mol. The van der Waals surface area contributed by atoms with E-state index in [9.17, 15) is 10.1 Å². The molecule has 0 N–H and O–H groups in total. The smallest absolute Gasteiger partial charge is 0.259 e. The van der Waals surface area contributed by atoms with Gasteiger partial charge in [0, 0.05) is 11.8 Å². The van der Waals surface area contributed by atoms with Crippen LogP contribution >= 0.6 is 0 Å². The molecule has 2 aromatic carbocycles. The van der Waals surface area contributed by atoms with Crippen LogP contribution in [0.2, 0.25) is 0 Å². The van der Waals surface area contributed by atoms with Crippen molar-refractivity contribution in [2.75, 3.05) is 14.2 Å². The van der Waals surface area contributed by atoms with Crippen LogP contribution < -0.4 is 9.47 Å². The molecule has 1 aliphatic heterocycles. The van der Waals surface area contributed by atoms with Crippen molar-refractivity contribution in [2.24, 2.45) is 0 Å². The quantitative estimate of drug-likeness (QED) is 0.869. The minimum absolute atomic E-state index is 0.270. The van der Waals surface area contributed by atoms with E-state index in [2.05, 4.69) is 6.07 Å². The third-order valence-electron chi connectivity index (χ3n) is 3.97. The van der Waals surface area contributed by atoms with E-state index < -0.39 is 6.04 Å². The molecule has 120 valence electrons. The van der Waals surface area contributed by atoms with Crippen molar-refractivity contribution in [3.63, 3.8) is 0 Å². The lowest BCUT2D eigenvalue weighted by atomic mass is 9.96. The summed E-state index contributed by atoms with van der Waals surface area (Å²) in [4.78, 5) is 14.3. The Morgan fingerprint density at radius 3 is 2.58 bits per heavy atom. The van der Waals surface area contributed by atoms with Gasteiger partial charge in [0.1, 0.15) is 6.04 Å². The molecular weight excluding hydrogens is 304 g/mol. The van der Waals surface area contributed by atoms with Crippen LogP contribution in [0.4, 0.5) is 0 Å². The molecule has 5 heteroatoms. The van der Waals surface area contributed by atoms with Gasteiger partial charge in [0.2, 0.25) is 0 Å². The molecular formula is C19H16N2O3. The maximum Gasteiger partial charge on any atom is 0.259 e. The van der Waals surface area contributed by atoms with Gasteiger partial charge in [-0.1, -0.05) is 24.3 Å². The first-order chi connectivity index (χ1) is 11.7. The molecule has 5 nitrogen and oxygen atoms in total. The summed E-state index contributed by atoms with van der Waals surface area (Å²) in [5.41, 5.74) is 2.19. The Morgan fingerprint density at radius 1 is 1.12 bits per heavy atom. The average Bonchev–Trinajstić information content (AvgIpc) is 2.65. The molecule has 1 unspecified atom stereocenters. The number of hydrogen-bond acceptors (Lipinski definition) is 4. The average molecular weight is 320 g/mol. The summed E-state index contributed by atoms with van der Waals surface area (Å²) in [5, 5.41) is 9.56. The predicted molar refractivity (Wildman–Crippen MR) is 89.5 cm³/mol. The van der Waals surface area contributed by atoms with Gasteiger partial charge in [-0.05, 0) is 35.4 Å². The van der Waals surface area contributed by atoms with Gasteiger partial charge >= 0.3 is 0 Å². The van der Waals surface area contributed by atoms with E-state index in [1.54, 1.807) is 24.4 Å². The number of nitriles is 1. The van der Waals surface area contributed by atoms with Crippen molar-refractivity contribution in [1.82, 2.24) is 4.90 Å². The largest absolute Gasteiger partial charge is 0.493 e. The fourth-order valence-electron chi connectivity index (χ4n) is 2.74. The molecule has 0 saturated heterocycles. The van der Waals surface area contributed by atoms with E-state index in [-0.39, 0.29) is 5.91 Å². The number of benzene rings is 2. The summed E-state index contributed by atoms with van der Waals surface area (Å²) in [6, 6.07) is 14.1. The summed E-state index contributed by atoms with van der Waals surface area (Å²) in [6.07, 6.45) is 3.48. The Hall–Kier alpha value is -3.26. The van der Waals surface area contributed by atoms with Crippen LogP contribution in [-0.2, 0) is 0 Å². The topological polar surface area (TPSA) is 62.6 Å². The van der Waals surface area contributed by atoms with Crippen molar-refractivity contribution in [2.45, 2.75) is 6.04 Å². The molecule has 1 aliphatic rings. The number of hydrogen-bond donors (Lipinski definition) is 0. The highest BCUT2D eigenvalue weighted by atomic mass is 16.5. The zero-order valence-electron chi connectivity index (χ0n) is 13.4. The molecule has 1 amide bonds. The van der Waals surface area contributed by atoms with Crippen molar-refractivity contribution in [1.29, 1.82) is 5.26 Å². The number of carbonyl (C=O) groups excluding carboxylic acids is 1. The first-order valence-corrected chi connectivity index (χ1v) is 7.41. The first-order valence-electron chi connectivity index (χ1n) is 7.41. The normalized spacial score (nSPS) is 15.4. The van der Waals surface area contributed by atoms with Crippen LogP contribution in [0.3, 0.4) is 0 Å². The lowest BCUT2D eigenvalue weighted by molar-refractivity contribution is 0.0794. The molecule has 2 aromatic rings. The maximum absolute atomic E-state index is 12.9. The Bertz CT molecular complexity index is 852. The standard InChI is InChI=1S/C19H16N2O3/c1-23-17-8-7-14(11-18(17)24-2)19(22)21-10-9-13-5-3-4-6-15(13)16(21)12-20/h3-11,16H,1-2H3. The van der Waals surface area contributed by atoms with Crippen molar-refractivity contribution < 1.29 is 14.3 Å². The van der Waals surface area contributed by atoms with E-state index in [4.69, 9.17) is 9.47 Å². The third kappa shape index (κ3) is 2.59. The fourth-order valence-corrected chi connectivity index (χ4v) is 2.74. The number of nitrogens with zero attached hydrogens (tertiary/aromatic N) is 2. The number of rotatable bonds is 3. The number of amides is 1. The second-order valence-electron chi connectivity index (χ2n) is 5.26. The van der Waals surface area contributed by atoms with Crippen molar-refractivity contribution in [3.05, 3.63) is 65.4 Å². The SMILES string of the molecule is COc1ccc(C(=O)N2C=Cc3ccccc3C2C#N)cc1OC. The first kappa shape index (κ1) is 15.6. The lowest BCUT2D eigenvalue weighted by Crippen LogP contribution is -2.31. The van der Waals surface area contributed by atoms with E-state index in [1.165, 1.54) is 19.1 Å². The summed E-state index contributed by atoms with van der Waals surface area (Å²) >= 11 is 0. The van der Waals surface area contributed by atoms with Crippen LogP contribution in [0.15, 0.2) is 48.7 Å². The van der Waals surface area contributed by atoms with Crippen LogP contribution in [0.25, 0.3) is 6.08 Å². The summed E-state index contributed by atoms with van der Waals surface area (Å²) in [6.45, 7) is 0. The summed E-state index contributed by atoms with van der Waals surface area (Å²) in [5.74, 6) is 0.747. The molecule has 1 atom stereocenters. The van der Waals surface area contributed by atoms with Gasteiger partial charge in [0.15, 0.2) is 11.5 Å². The van der Waals surface area contributed by atoms with Gasteiger partial charge in [-0.15, -0.1) is 0 Å². The van der Waals surface area contributed by atoms with E-state index >= 15 is 0 Å². The Labute approximate surface area is 140 Å². The number of carbonyl (C=O) groups is 1. The summed E-state index contributed by atoms with van der Waals surface area (Å²) < 4.78 is 10.4. The molecule has 0 fully saturated rings. The van der Waals surface area contributed by atoms with Gasteiger partial charge in [0.25, 0.3) is 5.91 Å². The highest BCUT2D eigenvalue weighted by Gasteiger charge is 2.28. The number of fused-ring (bicyclic) bond motifs is 1. The van der Waals surface area contributed by atoms with E-state index in [0.29, 0.717) is 17.1 Å². The molecule has 0 aliphatic carbocycles. The van der Waals surface area contributed by atoms with Gasteiger partial charge in [-0.2, -0.15) is 5.26 Å². The minimum atomic E-state index is -0.660. The molecule has 0 saturated carbocycles. The number of methoxy groups -OCH3 is 2. The van der Waals surface area contributed by atoms with Crippen LogP contribution in [0.1, 0.15) is 27.5 Å². The Balaban J connectivity index is 1.98. The van der Waals surface area contributed by atoms with Crippen LogP contribution in [-0.4, -0.2) is 25.0 Å². The molecule has 0 spiro atoms. The maximum atomic E-state index is 12.9. The zero-order valence-corrected chi connectivity index (χ0v) is 13.4. The number of ether oxygens (including phenoxy) is 2. The van der Waals surface area contributed by atoms with E-state index in [1.807, 2.05) is 30.3 Å². The summed E-state index contributed by atoms with van der Waals surface area (Å²) in [7, 11) is 3.05. The molecule has 0 aromatic heterocycles. The minimum Gasteiger partial charge on any atom is -0.493 e. The fraction of sp³-hybridized carbons (Fsp3) is 0.158. The molecule has 1 heterocycles. The molecule has 0 bridgehead atoms. The second kappa shape index (κ2) is 6.47. The van der Waals surface area contributed by atoms with Gasteiger partial charge < -0.3 is 9.47 Å². The van der Waals surface area contributed by atoms with Gasteiger partial charge in [0.05, 0.1) is 20.3 Å². The highest BCUT2D eigenvalue weighted by Crippen LogP contribution is 2.33. The van der Waals surface area contributed by atoms with Gasteiger partial charge in [-0.25, -0.2) is 0 Å². The molecule has 24 heavy (non-hydrogen) atoms. The van der Waals surface area contributed by atoms with E-state index in [0.717, 1.165) is 11.1 Å². The molecule has 0 radical (unpaired) electrons. The van der Waals surface area contributed by atoms with Gasteiger partial charge in [-0.3, -0.25) is 9.69 Å².